The lowest BCUT2D eigenvalue weighted by Crippen LogP contribution is -2.28. The van der Waals surface area contributed by atoms with Crippen molar-refractivity contribution in [2.75, 3.05) is 30.4 Å². The molecule has 0 saturated carbocycles. The van der Waals surface area contributed by atoms with Crippen molar-refractivity contribution in [1.82, 2.24) is 0 Å². The number of benzene rings is 1. The van der Waals surface area contributed by atoms with Crippen LogP contribution in [0.25, 0.3) is 0 Å². The van der Waals surface area contributed by atoms with E-state index >= 15 is 0 Å². The topological polar surface area (TPSA) is 24.5 Å². The Hall–Kier alpha value is -1.38. The Labute approximate surface area is 96.4 Å². The van der Waals surface area contributed by atoms with E-state index in [1.807, 2.05) is 6.07 Å². The molecular formula is C13H18N2O. The third-order valence-electron chi connectivity index (χ3n) is 3.69. The quantitative estimate of drug-likeness (QED) is 0.783. The van der Waals surface area contributed by atoms with Crippen molar-refractivity contribution in [2.24, 2.45) is 0 Å². The summed E-state index contributed by atoms with van der Waals surface area (Å²) in [5.74, 6) is 0.963. The number of ether oxygens (including phenoxy) is 1. The van der Waals surface area contributed by atoms with Gasteiger partial charge in [0.15, 0.2) is 0 Å². The van der Waals surface area contributed by atoms with E-state index in [2.05, 4.69) is 22.3 Å². The molecule has 0 spiro atoms. The summed E-state index contributed by atoms with van der Waals surface area (Å²) in [6, 6.07) is 7.04. The lowest BCUT2D eigenvalue weighted by Gasteiger charge is -2.25. The minimum Gasteiger partial charge on any atom is -0.495 e. The lowest BCUT2D eigenvalue weighted by molar-refractivity contribution is 0.416. The van der Waals surface area contributed by atoms with Crippen LogP contribution in [0.3, 0.4) is 0 Å². The fourth-order valence-corrected chi connectivity index (χ4v) is 2.92. The number of hydrogen-bond donors (Lipinski definition) is 1. The molecule has 1 fully saturated rings. The van der Waals surface area contributed by atoms with Crippen LogP contribution in [0.4, 0.5) is 11.4 Å². The Morgan fingerprint density at radius 3 is 3.19 bits per heavy atom. The highest BCUT2D eigenvalue weighted by Gasteiger charge is 2.29. The van der Waals surface area contributed by atoms with E-state index in [0.29, 0.717) is 0 Å². The first kappa shape index (κ1) is 9.82. The normalized spacial score (nSPS) is 23.1. The molecule has 3 nitrogen and oxygen atoms in total. The number of nitrogens with zero attached hydrogens (tertiary/aromatic N) is 1. The highest BCUT2D eigenvalue weighted by molar-refractivity contribution is 5.77. The molecule has 86 valence electrons. The molecule has 1 unspecified atom stereocenters. The van der Waals surface area contributed by atoms with Gasteiger partial charge < -0.3 is 15.0 Å². The van der Waals surface area contributed by atoms with Crippen LogP contribution in [0.1, 0.15) is 19.3 Å². The molecular weight excluding hydrogens is 200 g/mol. The van der Waals surface area contributed by atoms with Crippen molar-refractivity contribution >= 4 is 11.4 Å². The summed E-state index contributed by atoms with van der Waals surface area (Å²) in [6.07, 6.45) is 3.89. The maximum atomic E-state index is 5.43. The Morgan fingerprint density at radius 2 is 2.31 bits per heavy atom. The predicted molar refractivity (Wildman–Crippen MR) is 66.5 cm³/mol. The molecule has 1 N–H and O–H groups in total. The Balaban J connectivity index is 2.07. The van der Waals surface area contributed by atoms with Gasteiger partial charge in [0.2, 0.25) is 0 Å². The number of nitrogens with one attached hydrogen (secondary N) is 1. The third kappa shape index (κ3) is 1.42. The zero-order chi connectivity index (χ0) is 11.0. The smallest absolute Gasteiger partial charge is 0.144 e. The molecule has 1 aromatic rings. The summed E-state index contributed by atoms with van der Waals surface area (Å²) in [7, 11) is 1.74. The van der Waals surface area contributed by atoms with Gasteiger partial charge in [-0.25, -0.2) is 0 Å². The van der Waals surface area contributed by atoms with Crippen LogP contribution in [0.5, 0.6) is 5.75 Å². The zero-order valence-corrected chi connectivity index (χ0v) is 9.70. The summed E-state index contributed by atoms with van der Waals surface area (Å²) in [5.41, 5.74) is 2.49. The molecule has 3 rings (SSSR count). The largest absolute Gasteiger partial charge is 0.495 e. The van der Waals surface area contributed by atoms with Gasteiger partial charge in [0, 0.05) is 19.1 Å². The van der Waals surface area contributed by atoms with E-state index in [9.17, 15) is 0 Å². The van der Waals surface area contributed by atoms with Crippen molar-refractivity contribution < 1.29 is 4.74 Å². The molecule has 3 heteroatoms. The number of para-hydroxylation sites is 1. The zero-order valence-electron chi connectivity index (χ0n) is 9.70. The van der Waals surface area contributed by atoms with Gasteiger partial charge in [0.1, 0.15) is 11.4 Å². The summed E-state index contributed by atoms with van der Waals surface area (Å²) < 4.78 is 5.43. The first-order valence-corrected chi connectivity index (χ1v) is 6.07. The maximum Gasteiger partial charge on any atom is 0.144 e. The van der Waals surface area contributed by atoms with Gasteiger partial charge in [-0.2, -0.15) is 0 Å². The molecule has 1 atom stereocenters. The number of rotatable bonds is 1. The predicted octanol–water partition coefficient (Wildman–Crippen LogP) is 2.48. The van der Waals surface area contributed by atoms with Crippen molar-refractivity contribution in [3.05, 3.63) is 18.2 Å². The molecule has 0 amide bonds. The van der Waals surface area contributed by atoms with E-state index in [4.69, 9.17) is 4.74 Å². The van der Waals surface area contributed by atoms with Crippen LogP contribution >= 0.6 is 0 Å². The van der Waals surface area contributed by atoms with Crippen LogP contribution in [0.15, 0.2) is 18.2 Å². The second-order valence-corrected chi connectivity index (χ2v) is 4.56. The van der Waals surface area contributed by atoms with Crippen LogP contribution in [0, 0.1) is 0 Å². The van der Waals surface area contributed by atoms with E-state index in [0.717, 1.165) is 18.3 Å². The minimum atomic E-state index is 0.723. The van der Waals surface area contributed by atoms with Crippen molar-refractivity contribution in [1.29, 1.82) is 0 Å². The molecule has 0 bridgehead atoms. The van der Waals surface area contributed by atoms with Gasteiger partial charge in [0.05, 0.1) is 12.8 Å². The number of methoxy groups -OCH3 is 1. The van der Waals surface area contributed by atoms with Crippen LogP contribution in [0.2, 0.25) is 0 Å². The summed E-state index contributed by atoms with van der Waals surface area (Å²) >= 11 is 0. The standard InChI is InChI=1S/C13H18N2O/c1-16-12-6-2-5-11-13(12)14-8-7-10-4-3-9-15(10)11/h2,5-6,10,14H,3-4,7-9H2,1H3. The third-order valence-corrected chi connectivity index (χ3v) is 3.69. The molecule has 0 aliphatic carbocycles. The number of anilines is 2. The fraction of sp³-hybridized carbons (Fsp3) is 0.538. The maximum absolute atomic E-state index is 5.43. The van der Waals surface area contributed by atoms with Gasteiger partial charge in [0.25, 0.3) is 0 Å². The summed E-state index contributed by atoms with van der Waals surface area (Å²) in [6.45, 7) is 2.24. The molecule has 16 heavy (non-hydrogen) atoms. The SMILES string of the molecule is COc1cccc2c1NCCC1CCCN21. The Morgan fingerprint density at radius 1 is 1.38 bits per heavy atom. The first-order valence-electron chi connectivity index (χ1n) is 6.07. The van der Waals surface area contributed by atoms with Crippen LogP contribution in [-0.4, -0.2) is 26.2 Å². The van der Waals surface area contributed by atoms with Crippen molar-refractivity contribution in [3.63, 3.8) is 0 Å². The highest BCUT2D eigenvalue weighted by atomic mass is 16.5. The highest BCUT2D eigenvalue weighted by Crippen LogP contribution is 2.40. The van der Waals surface area contributed by atoms with E-state index in [1.165, 1.54) is 37.2 Å². The van der Waals surface area contributed by atoms with Crippen LogP contribution in [-0.2, 0) is 0 Å². The second-order valence-electron chi connectivity index (χ2n) is 4.56. The molecule has 2 aliphatic heterocycles. The first-order chi connectivity index (χ1) is 7.90. The fourth-order valence-electron chi connectivity index (χ4n) is 2.92. The van der Waals surface area contributed by atoms with Crippen molar-refractivity contribution in [3.8, 4) is 5.75 Å². The van der Waals surface area contributed by atoms with Gasteiger partial charge in [-0.05, 0) is 31.4 Å². The van der Waals surface area contributed by atoms with Crippen LogP contribution < -0.4 is 15.0 Å². The number of fused-ring (bicyclic) bond motifs is 3. The van der Waals surface area contributed by atoms with Gasteiger partial charge in [-0.1, -0.05) is 6.07 Å². The molecule has 1 saturated heterocycles. The Kier molecular flexibility index (Phi) is 2.39. The van der Waals surface area contributed by atoms with E-state index in [1.54, 1.807) is 7.11 Å². The second kappa shape index (κ2) is 3.89. The van der Waals surface area contributed by atoms with E-state index < -0.39 is 0 Å². The molecule has 1 aromatic carbocycles. The average Bonchev–Trinajstić information content (AvgIpc) is 2.71. The lowest BCUT2D eigenvalue weighted by atomic mass is 10.1. The summed E-state index contributed by atoms with van der Waals surface area (Å²) in [5, 5.41) is 3.51. The molecule has 2 aliphatic rings. The number of hydrogen-bond acceptors (Lipinski definition) is 3. The van der Waals surface area contributed by atoms with Crippen molar-refractivity contribution in [2.45, 2.75) is 25.3 Å². The van der Waals surface area contributed by atoms with Gasteiger partial charge in [-0.3, -0.25) is 0 Å². The molecule has 2 heterocycles. The summed E-state index contributed by atoms with van der Waals surface area (Å²) in [4.78, 5) is 2.54. The Bertz CT molecular complexity index is 392. The molecule has 0 radical (unpaired) electrons. The monoisotopic (exact) mass is 218 g/mol. The molecule has 0 aromatic heterocycles. The average molecular weight is 218 g/mol. The van der Waals surface area contributed by atoms with E-state index in [-0.39, 0.29) is 0 Å². The van der Waals surface area contributed by atoms with Gasteiger partial charge in [-0.15, -0.1) is 0 Å². The van der Waals surface area contributed by atoms with Gasteiger partial charge >= 0.3 is 0 Å². The minimum absolute atomic E-state index is 0.723.